The van der Waals surface area contributed by atoms with Gasteiger partial charge in [0.15, 0.2) is 0 Å². The number of likely N-dealkylation sites (N-methyl/N-ethyl adjacent to an activating group) is 1. The molecule has 3 rings (SSSR count). The summed E-state index contributed by atoms with van der Waals surface area (Å²) in [5.74, 6) is -5.63. The number of hydrogen-bond acceptors (Lipinski definition) is 2. The van der Waals surface area contributed by atoms with Gasteiger partial charge < -0.3 is 0 Å². The molecule has 4 nitrogen and oxygen atoms in total. The maximum atomic E-state index is 15.0. The molecule has 0 heterocycles. The molecular formula is C23H18Cl4F7N2O2P. The molecule has 2 aromatic rings. The Morgan fingerprint density at radius 3 is 2.08 bits per heavy atom. The van der Waals surface area contributed by atoms with Crippen molar-refractivity contribution < 1.29 is 39.7 Å². The van der Waals surface area contributed by atoms with Crippen molar-refractivity contribution in [2.24, 2.45) is 0 Å². The Morgan fingerprint density at radius 1 is 1.05 bits per heavy atom. The van der Waals surface area contributed by atoms with Crippen molar-refractivity contribution in [1.29, 1.82) is 0 Å². The van der Waals surface area contributed by atoms with Crippen LogP contribution in [0, 0.1) is 0 Å². The number of nitrogens with zero attached hydrogens (tertiary/aromatic N) is 1. The van der Waals surface area contributed by atoms with Gasteiger partial charge in [-0.25, -0.2) is 0 Å². The molecule has 1 N–H and O–H groups in total. The van der Waals surface area contributed by atoms with Crippen LogP contribution in [0.2, 0.25) is 20.1 Å². The molecule has 1 unspecified atom stereocenters. The molecule has 2 aromatic carbocycles. The van der Waals surface area contributed by atoms with E-state index in [9.17, 15) is 39.7 Å². The normalized spacial score (nSPS) is 16.5. The first kappa shape index (κ1) is 31.7. The van der Waals surface area contributed by atoms with Gasteiger partial charge in [0.05, 0.1) is 15.1 Å². The second-order valence-electron chi connectivity index (χ2n) is 8.84. The van der Waals surface area contributed by atoms with Gasteiger partial charge in [-0.3, -0.25) is 0 Å². The summed E-state index contributed by atoms with van der Waals surface area (Å²) in [6, 6.07) is 4.72. The summed E-state index contributed by atoms with van der Waals surface area (Å²) >= 11 is 23.5. The zero-order valence-corrected chi connectivity index (χ0v) is 23.6. The fourth-order valence-electron chi connectivity index (χ4n) is 3.73. The maximum absolute atomic E-state index is 15.0. The molecule has 0 aromatic heterocycles. The van der Waals surface area contributed by atoms with E-state index in [-0.39, 0.29) is 44.6 Å². The first-order chi connectivity index (χ1) is 17.8. The number of amides is 2. The molecule has 1 aliphatic rings. The van der Waals surface area contributed by atoms with Crippen molar-refractivity contribution >= 4 is 72.2 Å². The van der Waals surface area contributed by atoms with Crippen LogP contribution in [-0.2, 0) is 4.79 Å². The fraction of sp³-hybridized carbons (Fsp3) is 0.304. The standard InChI is InChI=1S/C23H18Cl4F7N2O2P/c1-36(10-39(32,33)34)21(38)22(4-5-22)35-20(37)13-3-2-11(6-15(13)24)18(28)9-14(23(29,30)31)12-7-16(25)19(27)17(26)8-12/h2-3,6-9,14,39H,4-5,10H2,1H3,(H,35,37)/b18-9-. The number of allylic oxidation sites excluding steroid dienone is 1. The average Bonchev–Trinajstić information content (AvgIpc) is 3.58. The fourth-order valence-corrected chi connectivity index (χ4v) is 5.29. The molecule has 39 heavy (non-hydrogen) atoms. The number of hydrogen-bond donors (Lipinski definition) is 1. The molecule has 1 atom stereocenters. The Bertz CT molecular complexity index is 1310. The zero-order valence-electron chi connectivity index (χ0n) is 19.6. The van der Waals surface area contributed by atoms with Gasteiger partial charge in [-0.1, -0.05) is 34.8 Å². The van der Waals surface area contributed by atoms with E-state index in [1.807, 2.05) is 0 Å². The Kier molecular flexibility index (Phi) is 9.45. The summed E-state index contributed by atoms with van der Waals surface area (Å²) in [5, 5.41) is 1.30. The van der Waals surface area contributed by atoms with E-state index in [1.54, 1.807) is 0 Å². The first-order valence-corrected chi connectivity index (χ1v) is 14.2. The molecule has 0 radical (unpaired) electrons. The van der Waals surface area contributed by atoms with Crippen LogP contribution >= 0.6 is 54.6 Å². The number of halogens is 11. The van der Waals surface area contributed by atoms with Crippen LogP contribution in [0.1, 0.15) is 40.2 Å². The van der Waals surface area contributed by atoms with E-state index in [0.717, 1.165) is 37.4 Å². The van der Waals surface area contributed by atoms with Gasteiger partial charge in [-0.05, 0) is 17.7 Å². The molecule has 0 spiro atoms. The quantitative estimate of drug-likeness (QED) is 0.175. The summed E-state index contributed by atoms with van der Waals surface area (Å²) in [5.41, 5.74) is -2.66. The van der Waals surface area contributed by atoms with Crippen LogP contribution in [0.25, 0.3) is 5.83 Å². The van der Waals surface area contributed by atoms with Gasteiger partial charge in [0.25, 0.3) is 0 Å². The Labute approximate surface area is 238 Å². The van der Waals surface area contributed by atoms with Crippen molar-refractivity contribution in [2.45, 2.75) is 30.5 Å². The van der Waals surface area contributed by atoms with Crippen LogP contribution in [0.15, 0.2) is 36.4 Å². The average molecular weight is 660 g/mol. The Morgan fingerprint density at radius 2 is 1.62 bits per heavy atom. The van der Waals surface area contributed by atoms with Crippen molar-refractivity contribution in [3.8, 4) is 0 Å². The summed E-state index contributed by atoms with van der Waals surface area (Å²) in [6.45, 7) is 0. The zero-order chi connectivity index (χ0) is 29.5. The topological polar surface area (TPSA) is 49.4 Å². The molecule has 1 fully saturated rings. The second kappa shape index (κ2) is 11.6. The van der Waals surface area contributed by atoms with E-state index >= 15 is 0 Å². The Balaban J connectivity index is 1.84. The molecule has 2 amide bonds. The monoisotopic (exact) mass is 658 g/mol. The van der Waals surface area contributed by atoms with E-state index in [2.05, 4.69) is 5.32 Å². The van der Waals surface area contributed by atoms with E-state index < -0.39 is 60.9 Å². The van der Waals surface area contributed by atoms with Crippen LogP contribution in [0.5, 0.6) is 0 Å². The SMILES string of the molecule is CN(C[PH](F)(F)F)C(=O)C1(NC(=O)c2ccc(/C(F)=C/C(c3cc(Cl)c(Cl)c(Cl)c3)C(F)(F)F)cc2Cl)CC1. The van der Waals surface area contributed by atoms with Gasteiger partial charge in [-0.2, -0.15) is 13.2 Å². The minimum atomic E-state index is -6.08. The first-order valence-electron chi connectivity index (χ1n) is 10.9. The second-order valence-corrected chi connectivity index (χ2v) is 12.0. The summed E-state index contributed by atoms with van der Waals surface area (Å²) < 4.78 is 94.6. The number of carbonyl (C=O) groups excluding carboxylic acids is 2. The molecule has 1 aliphatic carbocycles. The molecule has 16 heteroatoms. The van der Waals surface area contributed by atoms with Gasteiger partial charge in [0, 0.05) is 0 Å². The summed E-state index contributed by atoms with van der Waals surface area (Å²) in [7, 11) is -5.10. The van der Waals surface area contributed by atoms with Crippen LogP contribution < -0.4 is 5.32 Å². The van der Waals surface area contributed by atoms with Gasteiger partial charge in [0.2, 0.25) is 0 Å². The van der Waals surface area contributed by atoms with Crippen molar-refractivity contribution in [1.82, 2.24) is 10.2 Å². The summed E-state index contributed by atoms with van der Waals surface area (Å²) in [6.07, 6.45) is -5.84. The Hall–Kier alpha value is -1.78. The number of benzene rings is 2. The third kappa shape index (κ3) is 7.70. The van der Waals surface area contributed by atoms with Crippen LogP contribution in [0.4, 0.5) is 30.2 Å². The molecular weight excluding hydrogens is 642 g/mol. The van der Waals surface area contributed by atoms with Crippen molar-refractivity contribution in [2.75, 3.05) is 13.3 Å². The third-order valence-electron chi connectivity index (χ3n) is 5.80. The predicted molar refractivity (Wildman–Crippen MR) is 140 cm³/mol. The van der Waals surface area contributed by atoms with Gasteiger partial charge >= 0.3 is 153 Å². The van der Waals surface area contributed by atoms with Crippen LogP contribution in [0.3, 0.4) is 0 Å². The van der Waals surface area contributed by atoms with Crippen molar-refractivity contribution in [3.05, 3.63) is 73.2 Å². The predicted octanol–water partition coefficient (Wildman–Crippen LogP) is 9.04. The van der Waals surface area contributed by atoms with Gasteiger partial charge in [-0.15, -0.1) is 0 Å². The van der Waals surface area contributed by atoms with Crippen molar-refractivity contribution in [3.63, 3.8) is 0 Å². The summed E-state index contributed by atoms with van der Waals surface area (Å²) in [4.78, 5) is 25.7. The molecule has 1 saturated carbocycles. The third-order valence-corrected chi connectivity index (χ3v) is 8.14. The van der Waals surface area contributed by atoms with E-state index in [0.29, 0.717) is 4.90 Å². The number of rotatable bonds is 8. The molecule has 0 aliphatic heterocycles. The number of nitrogens with one attached hydrogen (secondary N) is 1. The molecule has 214 valence electrons. The van der Waals surface area contributed by atoms with E-state index in [4.69, 9.17) is 46.4 Å². The van der Waals surface area contributed by atoms with Crippen LogP contribution in [-0.4, -0.2) is 41.8 Å². The molecule has 0 bridgehead atoms. The molecule has 0 saturated heterocycles. The van der Waals surface area contributed by atoms with Gasteiger partial charge in [0.1, 0.15) is 5.92 Å². The van der Waals surface area contributed by atoms with E-state index in [1.165, 1.54) is 0 Å². The number of alkyl halides is 3. The minimum absolute atomic E-state index is 0.103. The number of carbonyl (C=O) groups is 2.